The Kier molecular flexibility index (Phi) is 12.9. The van der Waals surface area contributed by atoms with Crippen LogP contribution in [-0.2, 0) is 26.2 Å². The maximum Gasteiger partial charge on any atom is 1.00 e. The van der Waals surface area contributed by atoms with Gasteiger partial charge in [-0.3, -0.25) is 32.7 Å². The third-order valence-electron chi connectivity index (χ3n) is 4.69. The van der Waals surface area contributed by atoms with E-state index >= 15 is 0 Å². The molecule has 8 nitrogen and oxygen atoms in total. The van der Waals surface area contributed by atoms with Gasteiger partial charge in [-0.15, -0.1) is 0 Å². The van der Waals surface area contributed by atoms with E-state index in [0.717, 1.165) is 0 Å². The molecule has 0 aliphatic carbocycles. The van der Waals surface area contributed by atoms with Crippen LogP contribution >= 0.6 is 12.2 Å². The first-order chi connectivity index (χ1) is 13.7. The van der Waals surface area contributed by atoms with Gasteiger partial charge in [0.05, 0.1) is 14.9 Å². The van der Waals surface area contributed by atoms with E-state index in [1.54, 1.807) is 20.8 Å². The molecule has 0 aliphatic heterocycles. The molecule has 0 bridgehead atoms. The number of nitrogens with zero attached hydrogens (tertiary/aromatic N) is 4. The summed E-state index contributed by atoms with van der Waals surface area (Å²) in [5, 5.41) is 10.8. The van der Waals surface area contributed by atoms with Crippen LogP contribution in [0.15, 0.2) is 20.5 Å². The minimum absolute atomic E-state index is 0. The molecular weight excluding hydrogens is 444 g/mol. The normalized spacial score (nSPS) is 10.2. The fourth-order valence-corrected chi connectivity index (χ4v) is 4.06. The first kappa shape index (κ1) is 31.6. The first-order valence-electron chi connectivity index (χ1n) is 9.42. The van der Waals surface area contributed by atoms with Gasteiger partial charge in [0.15, 0.2) is 4.77 Å². The zero-order valence-corrected chi connectivity index (χ0v) is 18.7. The van der Waals surface area contributed by atoms with Crippen LogP contribution in [0.4, 0.5) is 0 Å². The van der Waals surface area contributed by atoms with Crippen LogP contribution in [0.5, 0.6) is 5.88 Å². The molecular formula is C22H37N4O4SSi+. The molecule has 2 rings (SSSR count). The molecule has 0 aromatic carbocycles. The summed E-state index contributed by atoms with van der Waals surface area (Å²) in [5.74, 6) is -0.246. The van der Waals surface area contributed by atoms with Gasteiger partial charge in [0, 0.05) is 26.2 Å². The summed E-state index contributed by atoms with van der Waals surface area (Å²) < 4.78 is 5.96. The molecule has 178 valence electrons. The van der Waals surface area contributed by atoms with Crippen molar-refractivity contribution in [3.8, 4) is 5.88 Å². The van der Waals surface area contributed by atoms with Gasteiger partial charge in [0.2, 0.25) is 5.88 Å². The van der Waals surface area contributed by atoms with Crippen LogP contribution in [0.1, 0.15) is 57.0 Å². The number of hydrogen-bond donors (Lipinski definition) is 1. The van der Waals surface area contributed by atoms with Gasteiger partial charge in [-0.25, -0.2) is 0 Å². The highest BCUT2D eigenvalue weighted by Gasteiger charge is 2.13. The summed E-state index contributed by atoms with van der Waals surface area (Å²) in [6.07, 6.45) is 4.17. The predicted octanol–water partition coefficient (Wildman–Crippen LogP) is 2.42. The summed E-state index contributed by atoms with van der Waals surface area (Å²) >= 11 is 5.26. The molecule has 0 aliphatic rings. The highest BCUT2D eigenvalue weighted by Crippen LogP contribution is 2.15. The van der Waals surface area contributed by atoms with Gasteiger partial charge >= 0.3 is 1.43 Å². The average molecular weight is 482 g/mol. The van der Waals surface area contributed by atoms with Gasteiger partial charge in [0.1, 0.15) is 10.8 Å². The topological polar surface area (TPSA) is 91.2 Å². The Morgan fingerprint density at radius 3 is 1.69 bits per heavy atom. The van der Waals surface area contributed by atoms with Crippen molar-refractivity contribution in [3.63, 3.8) is 0 Å². The highest BCUT2D eigenvalue weighted by molar-refractivity contribution is 7.71. The Labute approximate surface area is 198 Å². The van der Waals surface area contributed by atoms with Crippen molar-refractivity contribution in [1.82, 2.24) is 18.3 Å². The predicted molar refractivity (Wildman–Crippen MR) is 138 cm³/mol. The number of allylic oxidation sites excluding steroid dienone is 1. The molecule has 2 aromatic heterocycles. The third-order valence-corrected chi connectivity index (χ3v) is 5.67. The van der Waals surface area contributed by atoms with Crippen molar-refractivity contribution in [2.75, 3.05) is 0 Å². The molecule has 0 unspecified atom stereocenters. The Balaban J connectivity index is -0.00000225. The summed E-state index contributed by atoms with van der Waals surface area (Å²) in [4.78, 5) is 38.0. The third kappa shape index (κ3) is 5.42. The molecule has 2 radical (unpaired) electrons. The van der Waals surface area contributed by atoms with Crippen LogP contribution in [0.25, 0.3) is 12.2 Å². The second-order valence-corrected chi connectivity index (χ2v) is 6.99. The lowest BCUT2D eigenvalue weighted by molar-refractivity contribution is 0.399. The highest BCUT2D eigenvalue weighted by atomic mass is 32.1. The van der Waals surface area contributed by atoms with Gasteiger partial charge in [-0.1, -0.05) is 28.4 Å². The lowest BCUT2D eigenvalue weighted by Crippen LogP contribution is -2.50. The Morgan fingerprint density at radius 2 is 1.28 bits per heavy atom. The van der Waals surface area contributed by atoms with Crippen LogP contribution in [0.3, 0.4) is 0 Å². The van der Waals surface area contributed by atoms with E-state index in [1.807, 2.05) is 6.92 Å². The Hall–Kier alpha value is -2.59. The molecule has 0 saturated heterocycles. The van der Waals surface area contributed by atoms with Crippen molar-refractivity contribution < 1.29 is 6.53 Å². The minimum Gasteiger partial charge on any atom is -0.494 e. The second kappa shape index (κ2) is 13.1. The summed E-state index contributed by atoms with van der Waals surface area (Å²) in [7, 11) is 3.36. The van der Waals surface area contributed by atoms with Gasteiger partial charge in [-0.05, 0) is 52.1 Å². The van der Waals surface area contributed by atoms with Crippen molar-refractivity contribution in [2.45, 2.75) is 76.2 Å². The molecule has 0 saturated carbocycles. The number of aromatic nitrogens is 4. The Bertz CT molecular complexity index is 1280. The number of rotatable bonds is 6. The second-order valence-electron chi connectivity index (χ2n) is 6.18. The van der Waals surface area contributed by atoms with Crippen LogP contribution in [-0.4, -0.2) is 33.2 Å². The molecule has 2 heterocycles. The molecule has 2 aromatic rings. The van der Waals surface area contributed by atoms with E-state index < -0.39 is 16.7 Å². The molecule has 0 atom stereocenters. The molecule has 32 heavy (non-hydrogen) atoms. The van der Waals surface area contributed by atoms with Crippen molar-refractivity contribution in [2.24, 2.45) is 0 Å². The SMILES string of the molecule is C.C.C.CCn1c(O)c(C=CC=c2c(=O)n(CC)c(=[Si])n(CC)c2=O)c(=O)n(CC)c1=S.[H+]. The van der Waals surface area contributed by atoms with Crippen molar-refractivity contribution in [1.29, 1.82) is 0 Å². The largest absolute Gasteiger partial charge is 1.00 e. The van der Waals surface area contributed by atoms with E-state index in [1.165, 1.54) is 36.5 Å². The monoisotopic (exact) mass is 481 g/mol. The fourth-order valence-electron chi connectivity index (χ4n) is 3.11. The zero-order valence-electron chi connectivity index (χ0n) is 17.9. The Morgan fingerprint density at radius 1 is 0.844 bits per heavy atom. The van der Waals surface area contributed by atoms with Crippen molar-refractivity contribution in [3.05, 3.63) is 57.8 Å². The first-order valence-corrected chi connectivity index (χ1v) is 10.3. The molecule has 1 N–H and O–H groups in total. The van der Waals surface area contributed by atoms with Crippen molar-refractivity contribution >= 4 is 34.2 Å². The smallest absolute Gasteiger partial charge is 0.494 e. The zero-order chi connectivity index (χ0) is 21.9. The minimum atomic E-state index is -0.434. The maximum absolute atomic E-state index is 12.7. The van der Waals surface area contributed by atoms with Gasteiger partial charge < -0.3 is 5.11 Å². The summed E-state index contributed by atoms with van der Waals surface area (Å²) in [6, 6.07) is 0. The van der Waals surface area contributed by atoms with Crippen LogP contribution < -0.4 is 21.9 Å². The fraction of sp³-hybridized carbons (Fsp3) is 0.500. The molecule has 10 heteroatoms. The van der Waals surface area contributed by atoms with Gasteiger partial charge in [-0.2, -0.15) is 0 Å². The van der Waals surface area contributed by atoms with E-state index in [0.29, 0.717) is 31.3 Å². The average Bonchev–Trinajstić information content (AvgIpc) is 2.68. The van der Waals surface area contributed by atoms with Crippen LogP contribution in [0.2, 0.25) is 0 Å². The van der Waals surface area contributed by atoms with E-state index in [9.17, 15) is 19.5 Å². The maximum atomic E-state index is 12.7. The lowest BCUT2D eigenvalue weighted by Gasteiger charge is -2.13. The number of aromatic hydroxyl groups is 1. The van der Waals surface area contributed by atoms with E-state index in [4.69, 9.17) is 12.2 Å². The number of hydrogen-bond acceptors (Lipinski definition) is 5. The summed E-state index contributed by atoms with van der Waals surface area (Å²) in [5.41, 5.74) is -1.26. The van der Waals surface area contributed by atoms with Crippen LogP contribution in [0, 0.1) is 9.85 Å². The quantitative estimate of drug-likeness (QED) is 0.505. The standard InChI is InChI=1S/C19H24N4O4SSi.3CH4/c1-5-20-14(24)12(15(25)21(6-2)18(20)28)10-9-11-13-16(26)22(7-3)19(29)23(8-4)17(13)27;;;/h9-11,24H,5-8H2,1-4H3;3*1H4/p+1. The van der Waals surface area contributed by atoms with E-state index in [2.05, 4.69) is 9.85 Å². The van der Waals surface area contributed by atoms with E-state index in [-0.39, 0.29) is 45.1 Å². The molecule has 0 amide bonds. The molecule has 0 fully saturated rings. The van der Waals surface area contributed by atoms with Gasteiger partial charge in [0.25, 0.3) is 16.7 Å². The molecule has 0 spiro atoms. The summed E-state index contributed by atoms with van der Waals surface area (Å²) in [6.45, 7) is 8.74. The lowest BCUT2D eigenvalue weighted by atomic mass is 10.2.